The molecule has 0 atom stereocenters. The number of urea groups is 1. The van der Waals surface area contributed by atoms with Crippen molar-refractivity contribution in [2.24, 2.45) is 0 Å². The molecule has 4 N–H and O–H groups in total. The summed E-state index contributed by atoms with van der Waals surface area (Å²) >= 11 is 6.15. The van der Waals surface area contributed by atoms with E-state index < -0.39 is 23.5 Å². The molecule has 0 spiro atoms. The summed E-state index contributed by atoms with van der Waals surface area (Å²) in [6, 6.07) is 15.2. The van der Waals surface area contributed by atoms with Gasteiger partial charge in [-0.05, 0) is 63.2 Å². The van der Waals surface area contributed by atoms with Gasteiger partial charge in [0.15, 0.2) is 5.65 Å². The molecule has 0 unspecified atom stereocenters. The van der Waals surface area contributed by atoms with Gasteiger partial charge in [0.2, 0.25) is 0 Å². The Morgan fingerprint density at radius 1 is 1.03 bits per heavy atom. The van der Waals surface area contributed by atoms with Gasteiger partial charge in [-0.2, -0.15) is 9.61 Å². The molecular weight excluding hydrogens is 522 g/mol. The second-order valence-corrected chi connectivity index (χ2v) is 10.1. The standard InChI is InChI=1S/C27H24ClN7O4/c1-27(2,3)39-25(37)15-6-4-8-18(10-15)31-22-13-21(30-19-9-5-7-17(28)12-19)33-23-16(14-29-35(22)23)11-20-24(36)34-26(38)32-20/h4-14,31H,1-3H3,(H,30,33)(H2,32,34,36,38)/b20-11-. The number of rotatable bonds is 6. The number of hydrogen-bond donors (Lipinski definition) is 4. The van der Waals surface area contributed by atoms with E-state index in [2.05, 4.69) is 31.3 Å². The molecular formula is C27H24ClN7O4. The minimum atomic E-state index is -0.631. The zero-order valence-corrected chi connectivity index (χ0v) is 22.0. The molecule has 2 aromatic carbocycles. The van der Waals surface area contributed by atoms with Gasteiger partial charge in [-0.1, -0.05) is 23.7 Å². The molecule has 39 heavy (non-hydrogen) atoms. The molecule has 0 bridgehead atoms. The van der Waals surface area contributed by atoms with Gasteiger partial charge in [0.05, 0.1) is 11.8 Å². The van der Waals surface area contributed by atoms with Crippen molar-refractivity contribution >= 4 is 64.2 Å². The molecule has 5 rings (SSSR count). The number of carbonyl (C=O) groups is 3. The first-order valence-corrected chi connectivity index (χ1v) is 12.3. The summed E-state index contributed by atoms with van der Waals surface area (Å²) in [6.45, 7) is 5.42. The molecule has 198 valence electrons. The van der Waals surface area contributed by atoms with Crippen LogP contribution in [0.15, 0.2) is 66.5 Å². The second kappa shape index (κ2) is 10.1. The molecule has 1 saturated heterocycles. The number of halogens is 1. The number of hydrogen-bond acceptors (Lipinski definition) is 8. The number of imide groups is 1. The number of amides is 3. The smallest absolute Gasteiger partial charge is 0.338 e. The summed E-state index contributed by atoms with van der Waals surface area (Å²) in [5.41, 5.74) is 2.03. The first kappa shape index (κ1) is 25.7. The van der Waals surface area contributed by atoms with Crippen LogP contribution in [-0.2, 0) is 9.53 Å². The van der Waals surface area contributed by atoms with E-state index in [-0.39, 0.29) is 5.70 Å². The van der Waals surface area contributed by atoms with E-state index in [0.29, 0.717) is 44.8 Å². The van der Waals surface area contributed by atoms with Crippen molar-refractivity contribution in [3.8, 4) is 0 Å². The van der Waals surface area contributed by atoms with E-state index in [1.54, 1.807) is 73.8 Å². The largest absolute Gasteiger partial charge is 0.456 e. The fourth-order valence-corrected chi connectivity index (χ4v) is 3.99. The molecule has 0 aliphatic carbocycles. The number of nitrogens with zero attached hydrogens (tertiary/aromatic N) is 3. The number of ether oxygens (including phenoxy) is 1. The number of carbonyl (C=O) groups excluding carboxylic acids is 3. The fraction of sp³-hybridized carbons (Fsp3) is 0.148. The molecule has 1 fully saturated rings. The molecule has 1 aliphatic heterocycles. The van der Waals surface area contributed by atoms with E-state index in [1.807, 2.05) is 6.07 Å². The Hall–Kier alpha value is -4.90. The molecule has 4 aromatic rings. The van der Waals surface area contributed by atoms with Crippen molar-refractivity contribution in [2.75, 3.05) is 10.6 Å². The predicted molar refractivity (Wildman–Crippen MR) is 147 cm³/mol. The topological polar surface area (TPSA) is 139 Å². The van der Waals surface area contributed by atoms with Crippen LogP contribution in [0.2, 0.25) is 5.02 Å². The van der Waals surface area contributed by atoms with Crippen molar-refractivity contribution in [3.05, 3.63) is 82.6 Å². The molecule has 0 saturated carbocycles. The number of anilines is 4. The molecule has 3 heterocycles. The van der Waals surface area contributed by atoms with Gasteiger partial charge in [0, 0.05) is 28.0 Å². The number of nitrogens with one attached hydrogen (secondary N) is 4. The number of benzene rings is 2. The zero-order chi connectivity index (χ0) is 27.7. The van der Waals surface area contributed by atoms with Crippen LogP contribution in [0.4, 0.5) is 27.8 Å². The van der Waals surface area contributed by atoms with Gasteiger partial charge in [0.25, 0.3) is 5.91 Å². The summed E-state index contributed by atoms with van der Waals surface area (Å²) in [7, 11) is 0. The normalized spacial score (nSPS) is 14.3. The molecule has 11 nitrogen and oxygen atoms in total. The molecule has 1 aliphatic rings. The van der Waals surface area contributed by atoms with E-state index in [1.165, 1.54) is 12.3 Å². The SMILES string of the molecule is CC(C)(C)OC(=O)c1cccc(Nc2cc(Nc3cccc(Cl)c3)nc3c(/C=C4\NC(=O)NC4=O)cnn23)c1. The maximum atomic E-state index is 12.6. The maximum Gasteiger partial charge on any atom is 0.338 e. The Labute approximate surface area is 228 Å². The van der Waals surface area contributed by atoms with Crippen LogP contribution in [-0.4, -0.2) is 38.1 Å². The molecule has 0 radical (unpaired) electrons. The van der Waals surface area contributed by atoms with Crippen LogP contribution >= 0.6 is 11.6 Å². The van der Waals surface area contributed by atoms with Crippen molar-refractivity contribution in [3.63, 3.8) is 0 Å². The maximum absolute atomic E-state index is 12.6. The van der Waals surface area contributed by atoms with Crippen molar-refractivity contribution in [2.45, 2.75) is 26.4 Å². The Balaban J connectivity index is 1.55. The molecule has 12 heteroatoms. The van der Waals surface area contributed by atoms with E-state index in [9.17, 15) is 14.4 Å². The van der Waals surface area contributed by atoms with Crippen LogP contribution in [0.3, 0.4) is 0 Å². The summed E-state index contributed by atoms with van der Waals surface area (Å²) in [4.78, 5) is 40.9. The highest BCUT2D eigenvalue weighted by atomic mass is 35.5. The Kier molecular flexibility index (Phi) is 6.67. The molecule has 3 amide bonds. The fourth-order valence-electron chi connectivity index (χ4n) is 3.80. The average molecular weight is 546 g/mol. The van der Waals surface area contributed by atoms with Crippen LogP contribution in [0.5, 0.6) is 0 Å². The quantitative estimate of drug-likeness (QED) is 0.151. The first-order chi connectivity index (χ1) is 18.5. The predicted octanol–water partition coefficient (Wildman–Crippen LogP) is 5.01. The highest BCUT2D eigenvalue weighted by molar-refractivity contribution is 6.30. The van der Waals surface area contributed by atoms with Crippen LogP contribution in [0, 0.1) is 0 Å². The van der Waals surface area contributed by atoms with Crippen molar-refractivity contribution in [1.29, 1.82) is 0 Å². The Morgan fingerprint density at radius 3 is 2.46 bits per heavy atom. The first-order valence-electron chi connectivity index (χ1n) is 11.9. The minimum absolute atomic E-state index is 0.0736. The van der Waals surface area contributed by atoms with Crippen LogP contribution in [0.1, 0.15) is 36.7 Å². The van der Waals surface area contributed by atoms with Crippen molar-refractivity contribution < 1.29 is 19.1 Å². The van der Waals surface area contributed by atoms with Gasteiger partial charge >= 0.3 is 12.0 Å². The lowest BCUT2D eigenvalue weighted by Crippen LogP contribution is -2.23. The third-order valence-corrected chi connectivity index (χ3v) is 5.62. The lowest BCUT2D eigenvalue weighted by molar-refractivity contribution is -0.115. The number of esters is 1. The van der Waals surface area contributed by atoms with Gasteiger partial charge < -0.3 is 20.7 Å². The second-order valence-electron chi connectivity index (χ2n) is 9.67. The Bertz CT molecular complexity index is 1660. The lowest BCUT2D eigenvalue weighted by Gasteiger charge is -2.19. The van der Waals surface area contributed by atoms with E-state index in [0.717, 1.165) is 0 Å². The minimum Gasteiger partial charge on any atom is -0.456 e. The highest BCUT2D eigenvalue weighted by Crippen LogP contribution is 2.27. The number of aromatic nitrogens is 3. The summed E-state index contributed by atoms with van der Waals surface area (Å²) in [5, 5.41) is 16.1. The van der Waals surface area contributed by atoms with Crippen LogP contribution < -0.4 is 21.3 Å². The summed E-state index contributed by atoms with van der Waals surface area (Å²) in [6.07, 6.45) is 3.02. The van der Waals surface area contributed by atoms with Crippen LogP contribution in [0.25, 0.3) is 11.7 Å². The van der Waals surface area contributed by atoms with E-state index in [4.69, 9.17) is 16.3 Å². The van der Waals surface area contributed by atoms with Gasteiger partial charge in [-0.15, -0.1) is 0 Å². The van der Waals surface area contributed by atoms with Crippen molar-refractivity contribution in [1.82, 2.24) is 25.2 Å². The van der Waals surface area contributed by atoms with Gasteiger partial charge in [0.1, 0.15) is 22.9 Å². The monoisotopic (exact) mass is 545 g/mol. The van der Waals surface area contributed by atoms with E-state index >= 15 is 0 Å². The zero-order valence-electron chi connectivity index (χ0n) is 21.2. The van der Waals surface area contributed by atoms with Gasteiger partial charge in [-0.3, -0.25) is 10.1 Å². The molecule has 2 aromatic heterocycles. The third kappa shape index (κ3) is 5.99. The number of fused-ring (bicyclic) bond motifs is 1. The van der Waals surface area contributed by atoms with Gasteiger partial charge in [-0.25, -0.2) is 14.6 Å². The third-order valence-electron chi connectivity index (χ3n) is 5.39. The lowest BCUT2D eigenvalue weighted by atomic mass is 10.1. The summed E-state index contributed by atoms with van der Waals surface area (Å²) < 4.78 is 7.04. The summed E-state index contributed by atoms with van der Waals surface area (Å²) in [5.74, 6) is -0.0323. The highest BCUT2D eigenvalue weighted by Gasteiger charge is 2.24. The Morgan fingerprint density at radius 2 is 1.77 bits per heavy atom. The average Bonchev–Trinajstić information content (AvgIpc) is 3.40.